The number of hydrogen-bond donors (Lipinski definition) is 0. The van der Waals surface area contributed by atoms with Gasteiger partial charge in [0.2, 0.25) is 0 Å². The molecule has 0 spiro atoms. The first-order chi connectivity index (χ1) is 35.0. The Labute approximate surface area is 437 Å². The summed E-state index contributed by atoms with van der Waals surface area (Å²) >= 11 is 0. The van der Waals surface area contributed by atoms with Crippen LogP contribution in [0.4, 0.5) is 0 Å². The predicted molar refractivity (Wildman–Crippen MR) is 306 cm³/mol. The Hall–Kier alpha value is -4.19. The molecule has 0 unspecified atom stereocenters. The Morgan fingerprint density at radius 1 is 0.296 bits per heavy atom. The fourth-order valence-electron chi connectivity index (χ4n) is 7.65. The van der Waals surface area contributed by atoms with Gasteiger partial charge in [0.15, 0.2) is 6.10 Å². The van der Waals surface area contributed by atoms with E-state index in [1.165, 1.54) is 89.9 Å². The fraction of sp³-hybridized carbons (Fsp3) is 0.646. The van der Waals surface area contributed by atoms with Crippen molar-refractivity contribution in [1.29, 1.82) is 0 Å². The molecular weight excluding hydrogens is 877 g/mol. The maximum atomic E-state index is 12.9. The van der Waals surface area contributed by atoms with Crippen LogP contribution in [-0.4, -0.2) is 37.2 Å². The lowest BCUT2D eigenvalue weighted by atomic mass is 10.1. The molecule has 0 saturated heterocycles. The normalized spacial score (nSPS) is 13.0. The Kier molecular flexibility index (Phi) is 54.9. The van der Waals surface area contributed by atoms with Gasteiger partial charge in [0.05, 0.1) is 0 Å². The quantitative estimate of drug-likeness (QED) is 0.0261. The van der Waals surface area contributed by atoms with Gasteiger partial charge in [0, 0.05) is 19.3 Å². The molecule has 71 heavy (non-hydrogen) atoms. The molecule has 0 bridgehead atoms. The average Bonchev–Trinajstić information content (AvgIpc) is 3.37. The van der Waals surface area contributed by atoms with Gasteiger partial charge in [-0.05, 0) is 116 Å². The Morgan fingerprint density at radius 2 is 0.577 bits per heavy atom. The fourth-order valence-corrected chi connectivity index (χ4v) is 7.65. The number of hydrogen-bond acceptors (Lipinski definition) is 6. The van der Waals surface area contributed by atoms with Gasteiger partial charge < -0.3 is 14.2 Å². The van der Waals surface area contributed by atoms with Crippen molar-refractivity contribution in [1.82, 2.24) is 0 Å². The summed E-state index contributed by atoms with van der Waals surface area (Å²) in [5, 5.41) is 0. The van der Waals surface area contributed by atoms with E-state index in [2.05, 4.69) is 136 Å². The van der Waals surface area contributed by atoms with Gasteiger partial charge in [-0.3, -0.25) is 14.4 Å². The summed E-state index contributed by atoms with van der Waals surface area (Å²) < 4.78 is 16.8. The molecule has 0 aromatic carbocycles. The molecule has 0 fully saturated rings. The lowest BCUT2D eigenvalue weighted by molar-refractivity contribution is -0.166. The summed E-state index contributed by atoms with van der Waals surface area (Å²) in [7, 11) is 0. The SMILES string of the molecule is CC/C=C\C/C=C\C/C=C\C/C=C\C/C=C\C/C=C\CCC(=O)OC[C@@H](COC(=O)CCCCCCC/C=C\C/C=C\C/C=C\CC)OC(=O)CCCCCCCCC/C=C\CCCCCCCCCC. The van der Waals surface area contributed by atoms with Crippen LogP contribution < -0.4 is 0 Å². The zero-order valence-electron chi connectivity index (χ0n) is 45.9. The molecule has 0 radical (unpaired) electrons. The smallest absolute Gasteiger partial charge is 0.306 e. The Morgan fingerprint density at radius 3 is 0.958 bits per heavy atom. The number of allylic oxidation sites excluding steroid dienone is 20. The molecule has 0 aliphatic heterocycles. The van der Waals surface area contributed by atoms with E-state index < -0.39 is 6.10 Å². The van der Waals surface area contributed by atoms with E-state index in [0.717, 1.165) is 116 Å². The zero-order chi connectivity index (χ0) is 51.4. The van der Waals surface area contributed by atoms with Crippen LogP contribution in [0, 0.1) is 0 Å². The predicted octanol–water partition coefficient (Wildman–Crippen LogP) is 19.6. The van der Waals surface area contributed by atoms with Crippen LogP contribution in [-0.2, 0) is 28.6 Å². The van der Waals surface area contributed by atoms with Gasteiger partial charge >= 0.3 is 17.9 Å². The minimum Gasteiger partial charge on any atom is -0.462 e. The number of carbonyl (C=O) groups is 3. The van der Waals surface area contributed by atoms with Gasteiger partial charge in [-0.1, -0.05) is 239 Å². The van der Waals surface area contributed by atoms with Crippen molar-refractivity contribution in [2.45, 2.75) is 258 Å². The van der Waals surface area contributed by atoms with Crippen LogP contribution in [0.1, 0.15) is 252 Å². The van der Waals surface area contributed by atoms with E-state index in [-0.39, 0.29) is 37.5 Å². The molecule has 0 aliphatic carbocycles. The molecule has 402 valence electrons. The van der Waals surface area contributed by atoms with Crippen molar-refractivity contribution >= 4 is 17.9 Å². The largest absolute Gasteiger partial charge is 0.462 e. The van der Waals surface area contributed by atoms with Crippen LogP contribution in [0.2, 0.25) is 0 Å². The molecule has 6 heteroatoms. The van der Waals surface area contributed by atoms with E-state index in [9.17, 15) is 14.4 Å². The zero-order valence-corrected chi connectivity index (χ0v) is 45.9. The summed E-state index contributed by atoms with van der Waals surface area (Å²) in [6, 6.07) is 0. The highest BCUT2D eigenvalue weighted by atomic mass is 16.6. The van der Waals surface area contributed by atoms with Crippen LogP contribution >= 0.6 is 0 Å². The van der Waals surface area contributed by atoms with Gasteiger partial charge in [-0.25, -0.2) is 0 Å². The first kappa shape index (κ1) is 66.8. The maximum Gasteiger partial charge on any atom is 0.306 e. The van der Waals surface area contributed by atoms with E-state index in [0.29, 0.717) is 19.3 Å². The van der Waals surface area contributed by atoms with Gasteiger partial charge in [-0.2, -0.15) is 0 Å². The lowest BCUT2D eigenvalue weighted by Gasteiger charge is -2.18. The van der Waals surface area contributed by atoms with Crippen molar-refractivity contribution < 1.29 is 28.6 Å². The monoisotopic (exact) mass is 983 g/mol. The van der Waals surface area contributed by atoms with E-state index in [1.807, 2.05) is 6.08 Å². The van der Waals surface area contributed by atoms with Crippen molar-refractivity contribution in [2.75, 3.05) is 13.2 Å². The molecule has 1 atom stereocenters. The van der Waals surface area contributed by atoms with Gasteiger partial charge in [0.1, 0.15) is 13.2 Å². The topological polar surface area (TPSA) is 78.9 Å². The van der Waals surface area contributed by atoms with E-state index in [1.54, 1.807) is 0 Å². The molecule has 6 nitrogen and oxygen atoms in total. The van der Waals surface area contributed by atoms with E-state index >= 15 is 0 Å². The van der Waals surface area contributed by atoms with Crippen LogP contribution in [0.3, 0.4) is 0 Å². The standard InChI is InChI=1S/C65H106O6/c1-4-7-10-13-16-19-22-25-28-30-32-34-37-40-43-46-49-52-55-58-64(67)70-61-62(60-69-63(66)57-54-51-48-45-42-39-36-27-24-21-18-15-12-9-6-3)71-65(68)59-56-53-50-47-44-41-38-35-33-31-29-26-23-20-17-14-11-8-5-2/h7,9-10,12,16,18-19,21,25,27-28,31-34,36,40,43,49,52,62H,4-6,8,11,13-15,17,20,22-24,26,29-30,35,37-39,41-42,44-48,50-51,53-61H2,1-3H3/b10-7-,12-9-,19-16-,21-18-,28-25-,33-31-,34-32-,36-27-,43-40-,52-49-/t62-/m1/s1. The van der Waals surface area contributed by atoms with Gasteiger partial charge in [-0.15, -0.1) is 0 Å². The van der Waals surface area contributed by atoms with Crippen molar-refractivity contribution in [3.05, 3.63) is 122 Å². The Balaban J connectivity index is 4.53. The number of rotatable bonds is 51. The summed E-state index contributed by atoms with van der Waals surface area (Å²) in [5.41, 5.74) is 0. The summed E-state index contributed by atoms with van der Waals surface area (Å²) in [4.78, 5) is 38.2. The average molecular weight is 984 g/mol. The van der Waals surface area contributed by atoms with Crippen molar-refractivity contribution in [3.63, 3.8) is 0 Å². The second-order valence-corrected chi connectivity index (χ2v) is 18.8. The third-order valence-electron chi connectivity index (χ3n) is 11.9. The molecule has 0 saturated carbocycles. The van der Waals surface area contributed by atoms with Crippen LogP contribution in [0.15, 0.2) is 122 Å². The second-order valence-electron chi connectivity index (χ2n) is 18.8. The van der Waals surface area contributed by atoms with Gasteiger partial charge in [0.25, 0.3) is 0 Å². The van der Waals surface area contributed by atoms with Crippen molar-refractivity contribution in [3.8, 4) is 0 Å². The molecule has 0 aromatic rings. The first-order valence-electron chi connectivity index (χ1n) is 29.0. The molecule has 0 rings (SSSR count). The maximum absolute atomic E-state index is 12.9. The minimum absolute atomic E-state index is 0.115. The molecule has 0 amide bonds. The third-order valence-corrected chi connectivity index (χ3v) is 11.9. The Bertz CT molecular complexity index is 1500. The molecule has 0 aliphatic rings. The lowest BCUT2D eigenvalue weighted by Crippen LogP contribution is -2.30. The number of esters is 3. The van der Waals surface area contributed by atoms with Crippen molar-refractivity contribution in [2.24, 2.45) is 0 Å². The number of ether oxygens (including phenoxy) is 3. The first-order valence-corrected chi connectivity index (χ1v) is 29.0. The summed E-state index contributed by atoms with van der Waals surface area (Å²) in [5.74, 6) is -1.02. The molecule has 0 N–H and O–H groups in total. The minimum atomic E-state index is -0.822. The highest BCUT2D eigenvalue weighted by Gasteiger charge is 2.19. The van der Waals surface area contributed by atoms with Crippen LogP contribution in [0.25, 0.3) is 0 Å². The molecular formula is C65H106O6. The van der Waals surface area contributed by atoms with E-state index in [4.69, 9.17) is 14.2 Å². The molecule has 0 aromatic heterocycles. The number of carbonyl (C=O) groups excluding carboxylic acids is 3. The summed E-state index contributed by atoms with van der Waals surface area (Å²) in [6.45, 7) is 6.33. The highest BCUT2D eigenvalue weighted by molar-refractivity contribution is 5.71. The van der Waals surface area contributed by atoms with Crippen LogP contribution in [0.5, 0.6) is 0 Å². The third kappa shape index (κ3) is 56.6. The second kappa shape index (κ2) is 58.4. The highest BCUT2D eigenvalue weighted by Crippen LogP contribution is 2.14. The summed E-state index contributed by atoms with van der Waals surface area (Å²) in [6.07, 6.45) is 80.6. The molecule has 0 heterocycles. The number of unbranched alkanes of at least 4 members (excludes halogenated alkanes) is 20.